The van der Waals surface area contributed by atoms with Crippen molar-refractivity contribution in [3.8, 4) is 0 Å². The zero-order valence-corrected chi connectivity index (χ0v) is 32.7. The van der Waals surface area contributed by atoms with Crippen LogP contribution in [0.4, 0.5) is 0 Å². The smallest absolute Gasteiger partial charge is 0.228 e. The fourth-order valence-corrected chi connectivity index (χ4v) is 8.69. The number of carbonyl (C=O) groups is 1. The van der Waals surface area contributed by atoms with Crippen LogP contribution in [-0.4, -0.2) is 10.9 Å². The molecule has 0 aliphatic carbocycles. The number of hydrogen-bond donors (Lipinski definition) is 1. The van der Waals surface area contributed by atoms with Crippen molar-refractivity contribution in [2.45, 2.75) is 190 Å². The molecule has 2 rings (SSSR count). The summed E-state index contributed by atoms with van der Waals surface area (Å²) in [5, 5.41) is 12.4. The zero-order valence-electron chi connectivity index (χ0n) is 32.7. The van der Waals surface area contributed by atoms with Crippen LogP contribution in [0.25, 0.3) is 5.57 Å². The normalized spacial score (nSPS) is 16.3. The van der Waals surface area contributed by atoms with Crippen molar-refractivity contribution in [1.82, 2.24) is 0 Å². The van der Waals surface area contributed by atoms with E-state index in [0.717, 1.165) is 93.7 Å². The SMILES string of the molecule is CCCC(C)C(=C(O)C(=O)c1c(C(C)CCC)c(C(C)CCC)c(C(C)CCC)c(C(C)CCC)c1C(C)CCC)c1ccccc1. The van der Waals surface area contributed by atoms with E-state index in [9.17, 15) is 5.11 Å². The Bertz CT molecular complexity index is 1220. The molecule has 0 saturated carbocycles. The predicted octanol–water partition coefficient (Wildman–Crippen LogP) is 14.8. The minimum absolute atomic E-state index is 0.0374. The van der Waals surface area contributed by atoms with E-state index in [-0.39, 0.29) is 29.3 Å². The fraction of sp³-hybridized carbons (Fsp3) is 0.667. The van der Waals surface area contributed by atoms with E-state index < -0.39 is 0 Å². The second kappa shape index (κ2) is 20.2. The largest absolute Gasteiger partial charge is 0.504 e. The third kappa shape index (κ3) is 9.86. The van der Waals surface area contributed by atoms with Gasteiger partial charge in [0.1, 0.15) is 0 Å². The van der Waals surface area contributed by atoms with Gasteiger partial charge in [-0.15, -0.1) is 0 Å². The van der Waals surface area contributed by atoms with Crippen molar-refractivity contribution in [1.29, 1.82) is 0 Å². The first-order chi connectivity index (χ1) is 22.5. The molecule has 0 aromatic heterocycles. The van der Waals surface area contributed by atoms with Crippen molar-refractivity contribution < 1.29 is 9.90 Å². The second-order valence-corrected chi connectivity index (χ2v) is 15.0. The van der Waals surface area contributed by atoms with Gasteiger partial charge in [0.05, 0.1) is 0 Å². The Hall–Kier alpha value is -2.35. The van der Waals surface area contributed by atoms with E-state index in [1.54, 1.807) is 5.56 Å². The van der Waals surface area contributed by atoms with Gasteiger partial charge in [-0.1, -0.05) is 152 Å². The Balaban J connectivity index is 3.39. The summed E-state index contributed by atoms with van der Waals surface area (Å²) in [6.07, 6.45) is 12.8. The van der Waals surface area contributed by atoms with Crippen molar-refractivity contribution in [2.75, 3.05) is 0 Å². The summed E-state index contributed by atoms with van der Waals surface area (Å²) in [6, 6.07) is 10.2. The van der Waals surface area contributed by atoms with Gasteiger partial charge in [-0.2, -0.15) is 0 Å². The van der Waals surface area contributed by atoms with Gasteiger partial charge < -0.3 is 5.11 Å². The van der Waals surface area contributed by atoms with Crippen molar-refractivity contribution in [2.24, 2.45) is 5.92 Å². The van der Waals surface area contributed by atoms with E-state index in [0.29, 0.717) is 17.8 Å². The summed E-state index contributed by atoms with van der Waals surface area (Å²) in [6.45, 7) is 27.8. The highest BCUT2D eigenvalue weighted by Gasteiger charge is 2.37. The van der Waals surface area contributed by atoms with Crippen molar-refractivity contribution >= 4 is 11.4 Å². The Morgan fingerprint density at radius 1 is 0.511 bits per heavy atom. The van der Waals surface area contributed by atoms with Crippen LogP contribution in [0.5, 0.6) is 0 Å². The summed E-state index contributed by atoms with van der Waals surface area (Å²) in [7, 11) is 0. The maximum absolute atomic E-state index is 15.5. The van der Waals surface area contributed by atoms with E-state index in [2.05, 4.69) is 95.2 Å². The van der Waals surface area contributed by atoms with Gasteiger partial charge in [0.25, 0.3) is 0 Å². The lowest BCUT2D eigenvalue weighted by Gasteiger charge is -2.37. The van der Waals surface area contributed by atoms with Gasteiger partial charge in [-0.3, -0.25) is 4.79 Å². The topological polar surface area (TPSA) is 37.3 Å². The minimum Gasteiger partial charge on any atom is -0.504 e. The highest BCUT2D eigenvalue weighted by atomic mass is 16.3. The van der Waals surface area contributed by atoms with Gasteiger partial charge in [-0.25, -0.2) is 0 Å². The summed E-state index contributed by atoms with van der Waals surface area (Å²) >= 11 is 0. The Labute approximate surface area is 291 Å². The molecule has 0 aliphatic rings. The maximum atomic E-state index is 15.5. The van der Waals surface area contributed by atoms with Crippen LogP contribution in [0, 0.1) is 5.92 Å². The summed E-state index contributed by atoms with van der Waals surface area (Å²) < 4.78 is 0. The molecule has 2 aromatic carbocycles. The van der Waals surface area contributed by atoms with Gasteiger partial charge in [0.15, 0.2) is 5.76 Å². The number of Topliss-reactive ketones (excluding diaryl/α,β-unsaturated/α-hetero) is 1. The van der Waals surface area contributed by atoms with Crippen LogP contribution in [0.3, 0.4) is 0 Å². The van der Waals surface area contributed by atoms with E-state index in [1.165, 1.54) is 22.3 Å². The van der Waals surface area contributed by atoms with E-state index >= 15 is 4.79 Å². The molecular formula is C45H72O2. The number of aliphatic hydroxyl groups excluding tert-OH is 1. The molecule has 6 unspecified atom stereocenters. The van der Waals surface area contributed by atoms with Crippen LogP contribution in [0.15, 0.2) is 36.1 Å². The maximum Gasteiger partial charge on any atom is 0.228 e. The second-order valence-electron chi connectivity index (χ2n) is 15.0. The molecule has 0 amide bonds. The van der Waals surface area contributed by atoms with Crippen LogP contribution < -0.4 is 0 Å². The number of benzene rings is 2. The highest BCUT2D eigenvalue weighted by Crippen LogP contribution is 2.50. The molecular weight excluding hydrogens is 572 g/mol. The molecule has 2 aromatic rings. The van der Waals surface area contributed by atoms with Gasteiger partial charge in [0, 0.05) is 11.1 Å². The van der Waals surface area contributed by atoms with E-state index in [4.69, 9.17) is 0 Å². The molecule has 0 heterocycles. The van der Waals surface area contributed by atoms with Crippen LogP contribution in [0.2, 0.25) is 0 Å². The molecule has 0 aliphatic heterocycles. The van der Waals surface area contributed by atoms with Gasteiger partial charge in [-0.05, 0) is 107 Å². The monoisotopic (exact) mass is 645 g/mol. The number of rotatable bonds is 21. The van der Waals surface area contributed by atoms with Crippen LogP contribution >= 0.6 is 0 Å². The molecule has 264 valence electrons. The van der Waals surface area contributed by atoms with Crippen LogP contribution in [0.1, 0.15) is 233 Å². The third-order valence-electron chi connectivity index (χ3n) is 10.8. The molecule has 0 saturated heterocycles. The van der Waals surface area contributed by atoms with Gasteiger partial charge in [0.2, 0.25) is 5.78 Å². The number of aliphatic hydroxyl groups is 1. The molecule has 47 heavy (non-hydrogen) atoms. The number of hydrogen-bond acceptors (Lipinski definition) is 2. The molecule has 0 radical (unpaired) electrons. The Morgan fingerprint density at radius 3 is 1.17 bits per heavy atom. The highest BCUT2D eigenvalue weighted by molar-refractivity contribution is 6.14. The van der Waals surface area contributed by atoms with E-state index in [1.807, 2.05) is 18.2 Å². The lowest BCUT2D eigenvalue weighted by atomic mass is 9.67. The first-order valence-corrected chi connectivity index (χ1v) is 19.7. The lowest BCUT2D eigenvalue weighted by Crippen LogP contribution is -2.24. The molecule has 1 N–H and O–H groups in total. The number of ketones is 1. The van der Waals surface area contributed by atoms with Crippen LogP contribution in [-0.2, 0) is 0 Å². The summed E-state index contributed by atoms with van der Waals surface area (Å²) in [5.41, 5.74) is 9.55. The lowest BCUT2D eigenvalue weighted by molar-refractivity contribution is 0.0974. The zero-order chi connectivity index (χ0) is 35.3. The quantitative estimate of drug-likeness (QED) is 0.0834. The average molecular weight is 645 g/mol. The Kier molecular flexibility index (Phi) is 17.6. The Morgan fingerprint density at radius 2 is 0.830 bits per heavy atom. The molecule has 2 heteroatoms. The minimum atomic E-state index is -0.146. The molecule has 2 nitrogen and oxygen atoms in total. The number of carbonyl (C=O) groups excluding carboxylic acids is 1. The van der Waals surface area contributed by atoms with Crippen molar-refractivity contribution in [3.63, 3.8) is 0 Å². The molecule has 0 bridgehead atoms. The average Bonchev–Trinajstić information content (AvgIpc) is 3.04. The van der Waals surface area contributed by atoms with Gasteiger partial charge >= 0.3 is 0 Å². The standard InChI is InChI=1S/C45H72O2/c1-13-22-30(7)37(36-28-20-19-21-29-36)44(46)45(47)43-41(34(11)26-17-5)39(32(9)24-15-3)38(31(8)23-14-2)40(33(10)25-16-4)42(43)35(12)27-18-6/h19-21,28-35,46H,13-18,22-27H2,1-12H3. The molecule has 0 spiro atoms. The summed E-state index contributed by atoms with van der Waals surface area (Å²) in [4.78, 5) is 15.5. The first kappa shape index (κ1) is 40.8. The molecule has 0 fully saturated rings. The number of allylic oxidation sites excluding steroid dienone is 2. The fourth-order valence-electron chi connectivity index (χ4n) is 8.69. The predicted molar refractivity (Wildman–Crippen MR) is 207 cm³/mol. The summed E-state index contributed by atoms with van der Waals surface area (Å²) in [5.74, 6) is 1.45. The molecule has 6 atom stereocenters. The first-order valence-electron chi connectivity index (χ1n) is 19.7. The third-order valence-corrected chi connectivity index (χ3v) is 10.8. The van der Waals surface area contributed by atoms with Crippen molar-refractivity contribution in [3.05, 3.63) is 75.0 Å².